The molecule has 192 valence electrons. The van der Waals surface area contributed by atoms with Gasteiger partial charge in [-0.25, -0.2) is 0 Å². The molecule has 1 saturated carbocycles. The molecule has 0 aromatic carbocycles. The van der Waals surface area contributed by atoms with Gasteiger partial charge in [-0.15, -0.1) is 0 Å². The van der Waals surface area contributed by atoms with E-state index in [-0.39, 0.29) is 11.9 Å². The molecule has 3 aliphatic rings. The van der Waals surface area contributed by atoms with Crippen LogP contribution in [0.3, 0.4) is 0 Å². The third kappa shape index (κ3) is 10.4. The zero-order valence-electron chi connectivity index (χ0n) is 23.0. The number of carbonyl (C=O) groups excluding carboxylic acids is 1. The third-order valence-corrected chi connectivity index (χ3v) is 7.17. The Labute approximate surface area is 205 Å². The first-order chi connectivity index (χ1) is 15.5. The summed E-state index contributed by atoms with van der Waals surface area (Å²) in [4.78, 5) is 17.2. The molecule has 2 saturated heterocycles. The Morgan fingerprint density at radius 3 is 1.97 bits per heavy atom. The van der Waals surface area contributed by atoms with E-state index in [0.717, 1.165) is 6.42 Å². The van der Waals surface area contributed by atoms with E-state index < -0.39 is 0 Å². The molecule has 33 heavy (non-hydrogen) atoms. The predicted octanol–water partition coefficient (Wildman–Crippen LogP) is 6.90. The largest absolute Gasteiger partial charge is 0.466 e. The van der Waals surface area contributed by atoms with Gasteiger partial charge in [-0.1, -0.05) is 54.0 Å². The Bertz CT molecular complexity index is 590. The van der Waals surface area contributed by atoms with Crippen molar-refractivity contribution in [3.8, 4) is 0 Å². The van der Waals surface area contributed by atoms with Crippen molar-refractivity contribution in [3.63, 3.8) is 0 Å². The topological polar surface area (TPSA) is 32.8 Å². The minimum Gasteiger partial charge on any atom is -0.466 e. The van der Waals surface area contributed by atoms with Crippen LogP contribution in [0, 0.1) is 22.7 Å². The van der Waals surface area contributed by atoms with Crippen molar-refractivity contribution in [2.45, 2.75) is 112 Å². The lowest BCUT2D eigenvalue weighted by atomic mass is 9.63. The summed E-state index contributed by atoms with van der Waals surface area (Å²) >= 11 is 0. The van der Waals surface area contributed by atoms with E-state index in [1.165, 1.54) is 77.5 Å². The second-order valence-electron chi connectivity index (χ2n) is 13.0. The number of hydrogen-bond acceptors (Lipinski definition) is 4. The zero-order valence-corrected chi connectivity index (χ0v) is 23.0. The molecule has 3 rings (SSSR count). The first-order valence-corrected chi connectivity index (χ1v) is 13.8. The number of nitrogens with zero attached hydrogens (tertiary/aromatic N) is 2. The molecule has 2 heterocycles. The molecule has 3 atom stereocenters. The summed E-state index contributed by atoms with van der Waals surface area (Å²) in [6.07, 6.45) is 16.1. The van der Waals surface area contributed by atoms with Crippen LogP contribution in [0.25, 0.3) is 0 Å². The quantitative estimate of drug-likeness (QED) is 0.402. The van der Waals surface area contributed by atoms with Gasteiger partial charge in [0.15, 0.2) is 0 Å². The van der Waals surface area contributed by atoms with Gasteiger partial charge in [-0.3, -0.25) is 9.69 Å². The summed E-state index contributed by atoms with van der Waals surface area (Å²) in [5, 5.41) is 0. The van der Waals surface area contributed by atoms with Gasteiger partial charge in [0, 0.05) is 19.1 Å². The highest BCUT2D eigenvalue weighted by atomic mass is 16.5. The van der Waals surface area contributed by atoms with E-state index >= 15 is 0 Å². The second-order valence-corrected chi connectivity index (χ2v) is 13.0. The Balaban J connectivity index is 0.000000257. The number of piperidine rings is 2. The predicted molar refractivity (Wildman–Crippen MR) is 140 cm³/mol. The van der Waals surface area contributed by atoms with Crippen molar-refractivity contribution in [1.82, 2.24) is 9.80 Å². The molecule has 4 heteroatoms. The Kier molecular flexibility index (Phi) is 11.3. The smallest absolute Gasteiger partial charge is 0.310 e. The fourth-order valence-electron chi connectivity index (χ4n) is 5.61. The molecule has 0 N–H and O–H groups in total. The van der Waals surface area contributed by atoms with Crippen LogP contribution < -0.4 is 0 Å². The number of hydrogen-bond donors (Lipinski definition) is 0. The first-order valence-electron chi connectivity index (χ1n) is 13.8. The van der Waals surface area contributed by atoms with E-state index in [1.54, 1.807) is 0 Å². The number of likely N-dealkylation sites (tertiary alicyclic amines) is 2. The average Bonchev–Trinajstić information content (AvgIpc) is 2.71. The van der Waals surface area contributed by atoms with Gasteiger partial charge < -0.3 is 9.64 Å². The van der Waals surface area contributed by atoms with Crippen molar-refractivity contribution in [2.75, 3.05) is 32.8 Å². The van der Waals surface area contributed by atoms with Crippen molar-refractivity contribution in [3.05, 3.63) is 12.3 Å². The maximum Gasteiger partial charge on any atom is 0.310 e. The fraction of sp³-hybridized carbons (Fsp3) is 0.897. The molecule has 0 aromatic heterocycles. The normalized spacial score (nSPS) is 27.0. The van der Waals surface area contributed by atoms with Gasteiger partial charge in [0.1, 0.15) is 0 Å². The Morgan fingerprint density at radius 1 is 0.879 bits per heavy atom. The SMILES string of the molecule is CC(C)(C)C/C=C/N1CCCCC1.CCOC(=O)C1CC(CC(C)(C)C)C1N1CCCCC1. The molecule has 0 bridgehead atoms. The summed E-state index contributed by atoms with van der Waals surface area (Å²) in [6.45, 7) is 21.0. The Morgan fingerprint density at radius 2 is 1.45 bits per heavy atom. The van der Waals surface area contributed by atoms with Crippen molar-refractivity contribution in [2.24, 2.45) is 22.7 Å². The van der Waals surface area contributed by atoms with Crippen molar-refractivity contribution >= 4 is 5.97 Å². The fourth-order valence-corrected chi connectivity index (χ4v) is 5.61. The van der Waals surface area contributed by atoms with Crippen LogP contribution in [0.2, 0.25) is 0 Å². The third-order valence-electron chi connectivity index (χ3n) is 7.17. The highest BCUT2D eigenvalue weighted by molar-refractivity contribution is 5.74. The average molecular weight is 463 g/mol. The zero-order chi connectivity index (χ0) is 24.5. The van der Waals surface area contributed by atoms with E-state index in [1.807, 2.05) is 6.92 Å². The summed E-state index contributed by atoms with van der Waals surface area (Å²) in [5.74, 6) is 0.830. The molecule has 0 aromatic rings. The standard InChI is InChI=1S/C17H31NO2.C12H23N/c1-5-20-16(19)14-11-13(12-17(2,3)4)15(14)18-9-7-6-8-10-18;1-12(2,3)8-7-11-13-9-5-4-6-10-13/h13-15H,5-12H2,1-4H3;7,11H,4-6,8-10H2,1-3H3/b;11-7+. The van der Waals surface area contributed by atoms with Crippen LogP contribution in [0.15, 0.2) is 12.3 Å². The molecule has 2 aliphatic heterocycles. The molecule has 4 nitrogen and oxygen atoms in total. The van der Waals surface area contributed by atoms with Gasteiger partial charge in [0.2, 0.25) is 0 Å². The molecule has 1 aliphatic carbocycles. The number of ether oxygens (including phenoxy) is 1. The van der Waals surface area contributed by atoms with Gasteiger partial charge in [-0.2, -0.15) is 0 Å². The van der Waals surface area contributed by atoms with Gasteiger partial charge in [0.05, 0.1) is 12.5 Å². The lowest BCUT2D eigenvalue weighted by Crippen LogP contribution is -2.58. The molecule has 0 radical (unpaired) electrons. The minimum absolute atomic E-state index is 0.0354. The van der Waals surface area contributed by atoms with Crippen LogP contribution >= 0.6 is 0 Å². The maximum absolute atomic E-state index is 12.1. The summed E-state index contributed by atoms with van der Waals surface area (Å²) in [5.41, 5.74) is 0.782. The minimum atomic E-state index is 0.0354. The first kappa shape index (κ1) is 28.2. The molecular weight excluding hydrogens is 408 g/mol. The van der Waals surface area contributed by atoms with E-state index in [9.17, 15) is 4.79 Å². The van der Waals surface area contributed by atoms with E-state index in [0.29, 0.717) is 29.4 Å². The lowest BCUT2D eigenvalue weighted by Gasteiger charge is -2.52. The molecule has 0 amide bonds. The highest BCUT2D eigenvalue weighted by Gasteiger charge is 2.49. The number of rotatable bonds is 6. The van der Waals surface area contributed by atoms with E-state index in [4.69, 9.17) is 4.74 Å². The van der Waals surface area contributed by atoms with Crippen molar-refractivity contribution in [1.29, 1.82) is 0 Å². The van der Waals surface area contributed by atoms with Crippen molar-refractivity contribution < 1.29 is 9.53 Å². The van der Waals surface area contributed by atoms with Crippen LogP contribution in [-0.4, -0.2) is 54.6 Å². The van der Waals surface area contributed by atoms with Crippen LogP contribution in [0.1, 0.15) is 106 Å². The van der Waals surface area contributed by atoms with Gasteiger partial charge >= 0.3 is 5.97 Å². The number of allylic oxidation sites excluding steroid dienone is 1. The summed E-state index contributed by atoms with van der Waals surface area (Å²) in [7, 11) is 0. The maximum atomic E-state index is 12.1. The summed E-state index contributed by atoms with van der Waals surface area (Å²) in [6, 6.07) is 0.438. The molecule has 3 fully saturated rings. The second kappa shape index (κ2) is 13.2. The van der Waals surface area contributed by atoms with Crippen LogP contribution in [0.4, 0.5) is 0 Å². The lowest BCUT2D eigenvalue weighted by molar-refractivity contribution is -0.161. The molecule has 3 unspecified atom stereocenters. The summed E-state index contributed by atoms with van der Waals surface area (Å²) < 4.78 is 5.28. The molecule has 0 spiro atoms. The van der Waals surface area contributed by atoms with Gasteiger partial charge in [-0.05, 0) is 94.3 Å². The highest BCUT2D eigenvalue weighted by Crippen LogP contribution is 2.45. The Hall–Kier alpha value is -1.03. The van der Waals surface area contributed by atoms with Crippen LogP contribution in [0.5, 0.6) is 0 Å². The van der Waals surface area contributed by atoms with E-state index in [2.05, 4.69) is 63.6 Å². The van der Waals surface area contributed by atoms with Gasteiger partial charge in [0.25, 0.3) is 0 Å². The monoisotopic (exact) mass is 462 g/mol. The molecular formula is C29H54N2O2. The number of esters is 1. The number of carbonyl (C=O) groups is 1. The van der Waals surface area contributed by atoms with Crippen LogP contribution in [-0.2, 0) is 9.53 Å².